The summed E-state index contributed by atoms with van der Waals surface area (Å²) >= 11 is 0. The van der Waals surface area contributed by atoms with E-state index < -0.39 is 158 Å². The first kappa shape index (κ1) is 58.2. The Morgan fingerprint density at radius 2 is 1.42 bits per heavy atom. The van der Waals surface area contributed by atoms with Crippen LogP contribution in [0.3, 0.4) is 0 Å². The van der Waals surface area contributed by atoms with Gasteiger partial charge in [-0.05, 0) is 48.6 Å². The number of aromatic nitrogens is 1. The lowest BCUT2D eigenvalue weighted by atomic mass is 9.82. The third kappa shape index (κ3) is 17.5. The number of primary amides is 1. The summed E-state index contributed by atoms with van der Waals surface area (Å²) in [6.07, 6.45) is 1.41. The molecular formula is C49H60F2N10O13. The number of hydrogen-bond donors (Lipinski definition) is 9. The molecule has 0 spiro atoms. The molecule has 2 aromatic carbocycles. The lowest BCUT2D eigenvalue weighted by Crippen LogP contribution is -2.58. The van der Waals surface area contributed by atoms with Gasteiger partial charge in [0.2, 0.25) is 47.3 Å². The van der Waals surface area contributed by atoms with Crippen molar-refractivity contribution >= 4 is 65.0 Å². The van der Waals surface area contributed by atoms with Crippen molar-refractivity contribution in [3.63, 3.8) is 0 Å². The van der Waals surface area contributed by atoms with Gasteiger partial charge in [0.1, 0.15) is 42.9 Å². The summed E-state index contributed by atoms with van der Waals surface area (Å²) in [6.45, 7) is 3.48. The first-order valence-electron chi connectivity index (χ1n) is 23.2. The third-order valence-corrected chi connectivity index (χ3v) is 11.3. The number of carbonyl (C=O) groups excluding carboxylic acids is 10. The lowest BCUT2D eigenvalue weighted by Gasteiger charge is -2.41. The van der Waals surface area contributed by atoms with Gasteiger partial charge in [0.25, 0.3) is 11.8 Å². The zero-order chi connectivity index (χ0) is 54.9. The maximum absolute atomic E-state index is 15.3. The fourth-order valence-corrected chi connectivity index (χ4v) is 7.76. The Labute approximate surface area is 423 Å². The highest BCUT2D eigenvalue weighted by molar-refractivity contribution is 6.14. The van der Waals surface area contributed by atoms with Gasteiger partial charge >= 0.3 is 5.97 Å². The van der Waals surface area contributed by atoms with Crippen LogP contribution in [0.25, 0.3) is 11.1 Å². The number of nitrogens with two attached hydrogens (primary N) is 1. The maximum atomic E-state index is 15.3. The number of nitrogens with one attached hydrogen (secondary N) is 6. The second-order valence-electron chi connectivity index (χ2n) is 18.2. The zero-order valence-electron chi connectivity index (χ0n) is 41.1. The number of aliphatic carboxylic acids is 1. The normalized spacial score (nSPS) is 13.7. The largest absolute Gasteiger partial charge is 0.481 e. The van der Waals surface area contributed by atoms with Gasteiger partial charge in [0, 0.05) is 67.8 Å². The van der Waals surface area contributed by atoms with Crippen LogP contribution in [0.1, 0.15) is 70.7 Å². The average molecular weight is 1040 g/mol. The third-order valence-electron chi connectivity index (χ3n) is 11.3. The number of carboxylic acids is 1. The Morgan fingerprint density at radius 1 is 0.770 bits per heavy atom. The monoisotopic (exact) mass is 1030 g/mol. The van der Waals surface area contributed by atoms with Gasteiger partial charge in [-0.15, -0.1) is 0 Å². The summed E-state index contributed by atoms with van der Waals surface area (Å²) in [7, 11) is 0. The van der Waals surface area contributed by atoms with E-state index in [-0.39, 0.29) is 30.8 Å². The Kier molecular flexibility index (Phi) is 21.2. The molecule has 0 unspecified atom stereocenters. The van der Waals surface area contributed by atoms with Gasteiger partial charge in [-0.2, -0.15) is 0 Å². The van der Waals surface area contributed by atoms with E-state index in [0.717, 1.165) is 35.9 Å². The number of nitrogens with zero attached hydrogens (tertiary/aromatic N) is 3. The van der Waals surface area contributed by atoms with E-state index in [9.17, 15) is 62.2 Å². The van der Waals surface area contributed by atoms with Crippen LogP contribution in [0.2, 0.25) is 0 Å². The summed E-state index contributed by atoms with van der Waals surface area (Å²) in [5, 5.41) is 33.4. The molecule has 10 amide bonds. The van der Waals surface area contributed by atoms with Crippen LogP contribution in [0.15, 0.2) is 72.9 Å². The first-order valence-corrected chi connectivity index (χ1v) is 23.2. The van der Waals surface area contributed by atoms with E-state index in [2.05, 4.69) is 31.9 Å². The minimum Gasteiger partial charge on any atom is -0.481 e. The minimum absolute atomic E-state index is 0.0794. The number of imide groups is 1. The van der Waals surface area contributed by atoms with Crippen molar-refractivity contribution in [3.05, 3.63) is 95.8 Å². The van der Waals surface area contributed by atoms with Gasteiger partial charge in [-0.25, -0.2) is 8.78 Å². The summed E-state index contributed by atoms with van der Waals surface area (Å²) in [6, 6.07) is 7.82. The molecule has 10 N–H and O–H groups in total. The number of hydrogen-bond acceptors (Lipinski definition) is 12. The Balaban J connectivity index is 1.65. The van der Waals surface area contributed by atoms with Crippen LogP contribution in [-0.2, 0) is 59.3 Å². The van der Waals surface area contributed by atoms with Crippen LogP contribution in [-0.4, -0.2) is 147 Å². The van der Waals surface area contributed by atoms with E-state index in [4.69, 9.17) is 10.8 Å². The molecule has 0 aliphatic carbocycles. The standard InChI is InChI=1S/C49H60F2N10O13/c1-28(56-39(65)23-55-38(64)12-15-44(70)71)46(72)58-35(22-37(52)63)48(74)57-34(47(73)54-18-17-53-40(66)26-61-41(67)13-14-42(61)68)16-19-60(43(69)27-62)45(49(2,3)4)36-20-30(32-21-31(50)10-11-33(32)51)25-59(36)24-29-8-6-5-7-9-29/h5-11,13-14,20-21,25,28,34-35,45,62H,12,15-19,22-24,26-27H2,1-4H3,(H2,52,63)(H,53,66)(H,54,73)(H,55,64)(H,56,65)(H,57,74)(H,58,72)(H,70,71)/t28-,34-,35-,45-/m0/s1. The zero-order valence-corrected chi connectivity index (χ0v) is 41.1. The molecule has 0 saturated heterocycles. The molecule has 4 rings (SSSR count). The molecule has 1 aromatic heterocycles. The van der Waals surface area contributed by atoms with Gasteiger partial charge < -0.3 is 57.3 Å². The summed E-state index contributed by atoms with van der Waals surface area (Å²) < 4.78 is 31.7. The number of amides is 10. The molecule has 1 aliphatic heterocycles. The van der Waals surface area contributed by atoms with Crippen molar-refractivity contribution < 1.29 is 71.7 Å². The van der Waals surface area contributed by atoms with Crippen LogP contribution in [0, 0.1) is 17.0 Å². The van der Waals surface area contributed by atoms with Crippen molar-refractivity contribution in [2.45, 2.75) is 84.1 Å². The van der Waals surface area contributed by atoms with Gasteiger partial charge in [0.05, 0.1) is 25.4 Å². The van der Waals surface area contributed by atoms with Crippen LogP contribution in [0.4, 0.5) is 8.78 Å². The minimum atomic E-state index is -1.78. The fourth-order valence-electron chi connectivity index (χ4n) is 7.76. The second kappa shape index (κ2) is 26.9. The molecule has 2 heterocycles. The molecule has 3 aromatic rings. The Hall–Kier alpha value is -8.35. The summed E-state index contributed by atoms with van der Waals surface area (Å²) in [5.74, 6) is -11.5. The van der Waals surface area contributed by atoms with Crippen molar-refractivity contribution in [3.8, 4) is 11.1 Å². The van der Waals surface area contributed by atoms with E-state index in [1.807, 2.05) is 12.1 Å². The molecule has 0 radical (unpaired) electrons. The molecular weight excluding hydrogens is 975 g/mol. The van der Waals surface area contributed by atoms with Gasteiger partial charge in [-0.3, -0.25) is 57.6 Å². The van der Waals surface area contributed by atoms with E-state index in [1.54, 1.807) is 55.8 Å². The number of rotatable bonds is 27. The first-order chi connectivity index (χ1) is 34.9. The predicted octanol–water partition coefficient (Wildman–Crippen LogP) is -0.732. The molecule has 0 bridgehead atoms. The molecule has 4 atom stereocenters. The number of aliphatic hydroxyl groups excluding tert-OH is 1. The molecule has 74 heavy (non-hydrogen) atoms. The lowest BCUT2D eigenvalue weighted by molar-refractivity contribution is -0.141. The summed E-state index contributed by atoms with van der Waals surface area (Å²) in [5.41, 5.74) is 5.90. The second-order valence-corrected chi connectivity index (χ2v) is 18.2. The summed E-state index contributed by atoms with van der Waals surface area (Å²) in [4.78, 5) is 141. The topological polar surface area (TPSA) is 338 Å². The SMILES string of the molecule is C[C@H](NC(=O)CNC(=O)CCC(=O)O)C(=O)N[C@@H](CC(N)=O)C(=O)N[C@@H](CCN(C(=O)CO)[C@@H](c1cc(-c2cc(F)ccc2F)cn1Cc1ccccc1)C(C)(C)C)C(=O)NCCNC(=O)CN1C(=O)C=CC1=O. The van der Waals surface area contributed by atoms with Crippen molar-refractivity contribution in [1.82, 2.24) is 46.3 Å². The molecule has 1 aliphatic rings. The highest BCUT2D eigenvalue weighted by atomic mass is 19.1. The van der Waals surface area contributed by atoms with Crippen molar-refractivity contribution in [2.24, 2.45) is 11.1 Å². The van der Waals surface area contributed by atoms with Crippen LogP contribution in [0.5, 0.6) is 0 Å². The number of halogens is 2. The van der Waals surface area contributed by atoms with Gasteiger partial charge in [-0.1, -0.05) is 51.1 Å². The van der Waals surface area contributed by atoms with E-state index in [1.165, 1.54) is 11.8 Å². The van der Waals surface area contributed by atoms with E-state index in [0.29, 0.717) is 10.6 Å². The van der Waals surface area contributed by atoms with Crippen LogP contribution >= 0.6 is 0 Å². The smallest absolute Gasteiger partial charge is 0.303 e. The maximum Gasteiger partial charge on any atom is 0.303 e. The highest BCUT2D eigenvalue weighted by Gasteiger charge is 2.39. The Morgan fingerprint density at radius 3 is 2.04 bits per heavy atom. The number of benzene rings is 2. The fraction of sp³-hybridized carbons (Fsp3) is 0.408. The number of carboxylic acid groups (broad SMARTS) is 1. The van der Waals surface area contributed by atoms with Crippen LogP contribution < -0.4 is 37.6 Å². The molecule has 25 heteroatoms. The molecule has 23 nitrogen and oxygen atoms in total. The molecule has 398 valence electrons. The average Bonchev–Trinajstić information content (AvgIpc) is 3.89. The Bertz CT molecular complexity index is 2620. The molecule has 0 fully saturated rings. The highest BCUT2D eigenvalue weighted by Crippen LogP contribution is 2.41. The predicted molar refractivity (Wildman–Crippen MR) is 258 cm³/mol. The number of aliphatic hydroxyl groups is 1. The molecule has 0 saturated carbocycles. The van der Waals surface area contributed by atoms with Gasteiger partial charge in [0.15, 0.2) is 0 Å². The van der Waals surface area contributed by atoms with Crippen molar-refractivity contribution in [2.75, 3.05) is 39.3 Å². The quantitative estimate of drug-likeness (QED) is 0.0336. The van der Waals surface area contributed by atoms with E-state index >= 15 is 4.39 Å². The number of carbonyl (C=O) groups is 11. The van der Waals surface area contributed by atoms with Crippen molar-refractivity contribution in [1.29, 1.82) is 0 Å².